The molecular formula is C8H9NO3S. The molecule has 1 aromatic heterocycles. The van der Waals surface area contributed by atoms with Gasteiger partial charge in [0.05, 0.1) is 14.2 Å². The van der Waals surface area contributed by atoms with Crippen molar-refractivity contribution in [2.24, 2.45) is 0 Å². The highest BCUT2D eigenvalue weighted by Crippen LogP contribution is 2.34. The summed E-state index contributed by atoms with van der Waals surface area (Å²) < 4.78 is 9.79. The van der Waals surface area contributed by atoms with E-state index in [4.69, 9.17) is 15.9 Å². The van der Waals surface area contributed by atoms with Gasteiger partial charge in [-0.25, -0.2) is 0 Å². The van der Waals surface area contributed by atoms with Gasteiger partial charge in [0.15, 0.2) is 6.10 Å². The predicted molar refractivity (Wildman–Crippen MR) is 49.0 cm³/mol. The normalized spacial score (nSPS) is 11.8. The standard InChI is InChI=1S/C8H9NO3S/c1-4-5(10)6-7(11-2)9-8(12-3)13-6/h1,5,10H,2-3H3. The van der Waals surface area contributed by atoms with Crippen molar-refractivity contribution in [3.8, 4) is 23.4 Å². The highest BCUT2D eigenvalue weighted by Gasteiger charge is 2.17. The minimum absolute atomic E-state index is 0.312. The first kappa shape index (κ1) is 9.84. The summed E-state index contributed by atoms with van der Waals surface area (Å²) in [5.41, 5.74) is 0. The van der Waals surface area contributed by atoms with Crippen LogP contribution in [0.15, 0.2) is 0 Å². The Morgan fingerprint density at radius 2 is 2.23 bits per heavy atom. The molecule has 1 heterocycles. The zero-order chi connectivity index (χ0) is 9.84. The van der Waals surface area contributed by atoms with Crippen molar-refractivity contribution in [1.29, 1.82) is 0 Å². The second-order valence-corrected chi connectivity index (χ2v) is 3.12. The van der Waals surface area contributed by atoms with Crippen LogP contribution in [0.4, 0.5) is 0 Å². The van der Waals surface area contributed by atoms with E-state index < -0.39 is 6.10 Å². The van der Waals surface area contributed by atoms with Crippen LogP contribution in [0.3, 0.4) is 0 Å². The maximum absolute atomic E-state index is 9.35. The molecule has 0 saturated carbocycles. The molecule has 1 aromatic rings. The Morgan fingerprint density at radius 3 is 2.69 bits per heavy atom. The van der Waals surface area contributed by atoms with Crippen LogP contribution in [0, 0.1) is 12.3 Å². The van der Waals surface area contributed by atoms with E-state index >= 15 is 0 Å². The molecule has 4 nitrogen and oxygen atoms in total. The lowest BCUT2D eigenvalue weighted by Crippen LogP contribution is -1.93. The number of thiazole rings is 1. The van der Waals surface area contributed by atoms with Gasteiger partial charge in [-0.1, -0.05) is 17.3 Å². The van der Waals surface area contributed by atoms with Gasteiger partial charge in [-0.15, -0.1) is 6.42 Å². The maximum atomic E-state index is 9.35. The minimum atomic E-state index is -0.989. The summed E-state index contributed by atoms with van der Waals surface area (Å²) in [6, 6.07) is 0. The zero-order valence-corrected chi connectivity index (χ0v) is 8.09. The van der Waals surface area contributed by atoms with E-state index in [1.54, 1.807) is 0 Å². The second-order valence-electron chi connectivity index (χ2n) is 2.13. The fourth-order valence-electron chi connectivity index (χ4n) is 0.781. The number of aliphatic hydroxyl groups is 1. The Morgan fingerprint density at radius 1 is 1.54 bits per heavy atom. The van der Waals surface area contributed by atoms with Gasteiger partial charge in [0, 0.05) is 0 Å². The van der Waals surface area contributed by atoms with Crippen molar-refractivity contribution < 1.29 is 14.6 Å². The Kier molecular flexibility index (Phi) is 3.12. The van der Waals surface area contributed by atoms with Crippen LogP contribution < -0.4 is 9.47 Å². The fraction of sp³-hybridized carbons (Fsp3) is 0.375. The molecule has 0 aliphatic carbocycles. The van der Waals surface area contributed by atoms with Gasteiger partial charge >= 0.3 is 0 Å². The summed E-state index contributed by atoms with van der Waals surface area (Å²) >= 11 is 1.17. The Bertz CT molecular complexity index is 329. The van der Waals surface area contributed by atoms with Gasteiger partial charge in [0.25, 0.3) is 5.19 Å². The first-order valence-corrected chi connectivity index (χ1v) is 4.27. The van der Waals surface area contributed by atoms with E-state index in [0.29, 0.717) is 16.0 Å². The molecule has 1 atom stereocenters. The highest BCUT2D eigenvalue weighted by molar-refractivity contribution is 7.13. The molecule has 1 unspecified atom stereocenters. The van der Waals surface area contributed by atoms with E-state index in [-0.39, 0.29) is 0 Å². The number of hydrogen-bond acceptors (Lipinski definition) is 5. The lowest BCUT2D eigenvalue weighted by molar-refractivity contribution is 0.235. The van der Waals surface area contributed by atoms with E-state index in [1.807, 2.05) is 0 Å². The largest absolute Gasteiger partial charge is 0.480 e. The molecule has 5 heteroatoms. The van der Waals surface area contributed by atoms with Crippen molar-refractivity contribution in [2.45, 2.75) is 6.10 Å². The molecule has 1 rings (SSSR count). The Balaban J connectivity index is 3.05. The van der Waals surface area contributed by atoms with E-state index in [2.05, 4.69) is 10.9 Å². The predicted octanol–water partition coefficient (Wildman–Crippen LogP) is 0.827. The maximum Gasteiger partial charge on any atom is 0.276 e. The van der Waals surface area contributed by atoms with Crippen LogP contribution in [0.25, 0.3) is 0 Å². The third-order valence-electron chi connectivity index (χ3n) is 1.38. The molecule has 0 aromatic carbocycles. The first-order chi connectivity index (χ1) is 6.22. The van der Waals surface area contributed by atoms with Crippen LogP contribution in [0.5, 0.6) is 11.1 Å². The van der Waals surface area contributed by atoms with Gasteiger partial charge in [-0.2, -0.15) is 4.98 Å². The van der Waals surface area contributed by atoms with Crippen molar-refractivity contribution in [3.63, 3.8) is 0 Å². The van der Waals surface area contributed by atoms with Crippen LogP contribution in [-0.4, -0.2) is 24.3 Å². The lowest BCUT2D eigenvalue weighted by Gasteiger charge is -2.00. The fourth-order valence-corrected chi connectivity index (χ4v) is 1.58. The van der Waals surface area contributed by atoms with Crippen molar-refractivity contribution >= 4 is 11.3 Å². The highest BCUT2D eigenvalue weighted by atomic mass is 32.1. The molecule has 0 amide bonds. The van der Waals surface area contributed by atoms with Crippen molar-refractivity contribution in [1.82, 2.24) is 4.98 Å². The number of rotatable bonds is 3. The first-order valence-electron chi connectivity index (χ1n) is 3.45. The molecule has 70 valence electrons. The Hall–Kier alpha value is -1.25. The van der Waals surface area contributed by atoms with E-state index in [9.17, 15) is 5.11 Å². The summed E-state index contributed by atoms with van der Waals surface area (Å²) in [6.45, 7) is 0. The number of nitrogens with zero attached hydrogens (tertiary/aromatic N) is 1. The van der Waals surface area contributed by atoms with Gasteiger partial charge < -0.3 is 14.6 Å². The molecule has 13 heavy (non-hydrogen) atoms. The Labute approximate surface area is 80.1 Å². The molecule has 0 saturated heterocycles. The van der Waals surface area contributed by atoms with Crippen molar-refractivity contribution in [3.05, 3.63) is 4.88 Å². The number of aromatic nitrogens is 1. The SMILES string of the molecule is C#CC(O)c1sc(OC)nc1OC. The summed E-state index contributed by atoms with van der Waals surface area (Å²) in [7, 11) is 2.95. The average Bonchev–Trinajstić information content (AvgIpc) is 2.59. The molecule has 0 spiro atoms. The molecule has 0 radical (unpaired) electrons. The summed E-state index contributed by atoms with van der Waals surface area (Å²) in [5, 5.41) is 9.77. The molecule has 0 fully saturated rings. The minimum Gasteiger partial charge on any atom is -0.480 e. The smallest absolute Gasteiger partial charge is 0.276 e. The summed E-state index contributed by atoms with van der Waals surface area (Å²) in [6.07, 6.45) is 4.07. The van der Waals surface area contributed by atoms with Crippen LogP contribution in [-0.2, 0) is 0 Å². The zero-order valence-electron chi connectivity index (χ0n) is 7.27. The molecule has 0 aliphatic heterocycles. The van der Waals surface area contributed by atoms with Crippen LogP contribution in [0.1, 0.15) is 11.0 Å². The quantitative estimate of drug-likeness (QED) is 0.732. The van der Waals surface area contributed by atoms with Gasteiger partial charge in [-0.05, 0) is 0 Å². The second kappa shape index (κ2) is 4.12. The number of aliphatic hydroxyl groups excluding tert-OH is 1. The number of terminal acetylenes is 1. The molecule has 0 aliphatic rings. The summed E-state index contributed by atoms with van der Waals surface area (Å²) in [4.78, 5) is 4.42. The summed E-state index contributed by atoms with van der Waals surface area (Å²) in [5.74, 6) is 2.50. The van der Waals surface area contributed by atoms with Gasteiger partial charge in [-0.3, -0.25) is 0 Å². The average molecular weight is 199 g/mol. The van der Waals surface area contributed by atoms with Gasteiger partial charge in [0.2, 0.25) is 5.88 Å². The number of hydrogen-bond donors (Lipinski definition) is 1. The van der Waals surface area contributed by atoms with E-state index in [1.165, 1.54) is 25.6 Å². The van der Waals surface area contributed by atoms with E-state index in [0.717, 1.165) is 0 Å². The third kappa shape index (κ3) is 1.91. The topological polar surface area (TPSA) is 51.6 Å². The number of ether oxygens (including phenoxy) is 2. The van der Waals surface area contributed by atoms with Crippen LogP contribution >= 0.6 is 11.3 Å². The molecular weight excluding hydrogens is 190 g/mol. The lowest BCUT2D eigenvalue weighted by atomic mass is 10.3. The molecule has 1 N–H and O–H groups in total. The van der Waals surface area contributed by atoms with Crippen LogP contribution in [0.2, 0.25) is 0 Å². The monoisotopic (exact) mass is 199 g/mol. The van der Waals surface area contributed by atoms with Crippen molar-refractivity contribution in [2.75, 3.05) is 14.2 Å². The number of methoxy groups -OCH3 is 2. The molecule has 0 bridgehead atoms. The van der Waals surface area contributed by atoms with Gasteiger partial charge in [0.1, 0.15) is 4.88 Å². The third-order valence-corrected chi connectivity index (χ3v) is 2.43.